The van der Waals surface area contributed by atoms with E-state index in [4.69, 9.17) is 34.8 Å². The van der Waals surface area contributed by atoms with E-state index in [0.717, 1.165) is 5.56 Å². The van der Waals surface area contributed by atoms with Gasteiger partial charge in [0, 0.05) is 11.6 Å². The number of hydrogen-bond donors (Lipinski definition) is 2. The summed E-state index contributed by atoms with van der Waals surface area (Å²) in [5.74, 6) is 0. The van der Waals surface area contributed by atoms with Gasteiger partial charge in [-0.15, -0.1) is 0 Å². The number of urea groups is 1. The number of nitrogens with one attached hydrogen (secondary N) is 2. The number of anilines is 1. The lowest BCUT2D eigenvalue weighted by Crippen LogP contribution is -2.28. The fourth-order valence-electron chi connectivity index (χ4n) is 1.58. The second-order valence-corrected chi connectivity index (χ2v) is 5.19. The molecule has 6 heteroatoms. The van der Waals surface area contributed by atoms with Gasteiger partial charge in [0.1, 0.15) is 0 Å². The van der Waals surface area contributed by atoms with Crippen LogP contribution in [0.3, 0.4) is 0 Å². The predicted octanol–water partition coefficient (Wildman–Crippen LogP) is 4.97. The van der Waals surface area contributed by atoms with Crippen LogP contribution in [0.15, 0.2) is 42.5 Å². The average molecular weight is 330 g/mol. The van der Waals surface area contributed by atoms with Crippen LogP contribution < -0.4 is 10.6 Å². The molecule has 0 fully saturated rings. The van der Waals surface area contributed by atoms with Gasteiger partial charge in [-0.05, 0) is 23.8 Å². The fourth-order valence-corrected chi connectivity index (χ4v) is 2.13. The third kappa shape index (κ3) is 3.79. The minimum atomic E-state index is -0.380. The molecule has 3 nitrogen and oxygen atoms in total. The molecule has 104 valence electrons. The van der Waals surface area contributed by atoms with E-state index in [1.54, 1.807) is 24.3 Å². The monoisotopic (exact) mass is 328 g/mol. The number of hydrogen-bond acceptors (Lipinski definition) is 1. The van der Waals surface area contributed by atoms with Crippen molar-refractivity contribution in [3.8, 4) is 0 Å². The molecule has 2 aromatic rings. The van der Waals surface area contributed by atoms with E-state index in [1.165, 1.54) is 0 Å². The van der Waals surface area contributed by atoms with Gasteiger partial charge in [0.2, 0.25) is 0 Å². The van der Waals surface area contributed by atoms with Gasteiger partial charge in [0.25, 0.3) is 0 Å². The molecule has 0 spiro atoms. The van der Waals surface area contributed by atoms with E-state index in [2.05, 4.69) is 10.6 Å². The minimum Gasteiger partial charge on any atom is -0.334 e. The minimum absolute atomic E-state index is 0.307. The van der Waals surface area contributed by atoms with Crippen LogP contribution in [0.25, 0.3) is 0 Å². The van der Waals surface area contributed by atoms with Gasteiger partial charge in [-0.25, -0.2) is 4.79 Å². The third-order valence-electron chi connectivity index (χ3n) is 2.60. The number of rotatable bonds is 3. The van der Waals surface area contributed by atoms with E-state index in [0.29, 0.717) is 27.3 Å². The highest BCUT2D eigenvalue weighted by molar-refractivity contribution is 6.43. The van der Waals surface area contributed by atoms with Crippen LogP contribution in [-0.2, 0) is 6.54 Å². The lowest BCUT2D eigenvalue weighted by atomic mass is 10.2. The van der Waals surface area contributed by atoms with Crippen molar-refractivity contribution in [3.05, 3.63) is 63.1 Å². The maximum absolute atomic E-state index is 11.8. The van der Waals surface area contributed by atoms with Crippen molar-refractivity contribution in [2.24, 2.45) is 0 Å². The highest BCUT2D eigenvalue weighted by atomic mass is 35.5. The second kappa shape index (κ2) is 6.84. The van der Waals surface area contributed by atoms with Crippen molar-refractivity contribution >= 4 is 46.5 Å². The van der Waals surface area contributed by atoms with Crippen LogP contribution in [0.5, 0.6) is 0 Å². The molecule has 0 heterocycles. The van der Waals surface area contributed by atoms with Crippen molar-refractivity contribution in [1.82, 2.24) is 5.32 Å². The summed E-state index contributed by atoms with van der Waals surface area (Å²) >= 11 is 17.9. The predicted molar refractivity (Wildman–Crippen MR) is 83.8 cm³/mol. The fraction of sp³-hybridized carbons (Fsp3) is 0.0714. The smallest absolute Gasteiger partial charge is 0.319 e. The first-order valence-electron chi connectivity index (χ1n) is 5.80. The summed E-state index contributed by atoms with van der Waals surface area (Å²) in [5.41, 5.74) is 1.29. The Morgan fingerprint density at radius 1 is 0.950 bits per heavy atom. The SMILES string of the molecule is O=C(NCc1ccccc1Cl)Nc1cccc(Cl)c1Cl. The molecule has 0 aliphatic rings. The van der Waals surface area contributed by atoms with Gasteiger partial charge in [-0.3, -0.25) is 0 Å². The second-order valence-electron chi connectivity index (χ2n) is 4.00. The molecule has 0 bridgehead atoms. The largest absolute Gasteiger partial charge is 0.334 e. The van der Waals surface area contributed by atoms with Crippen LogP contribution >= 0.6 is 34.8 Å². The molecule has 2 rings (SSSR count). The number of carbonyl (C=O) groups is 1. The average Bonchev–Trinajstić information content (AvgIpc) is 2.43. The van der Waals surface area contributed by atoms with Gasteiger partial charge >= 0.3 is 6.03 Å². The Bertz CT molecular complexity index is 632. The molecule has 0 atom stereocenters. The highest BCUT2D eigenvalue weighted by Gasteiger charge is 2.08. The number of halogens is 3. The summed E-state index contributed by atoms with van der Waals surface area (Å²) < 4.78 is 0. The molecule has 0 aromatic heterocycles. The third-order valence-corrected chi connectivity index (χ3v) is 3.78. The van der Waals surface area contributed by atoms with Crippen molar-refractivity contribution in [1.29, 1.82) is 0 Å². The zero-order valence-electron chi connectivity index (χ0n) is 10.3. The summed E-state index contributed by atoms with van der Waals surface area (Å²) in [7, 11) is 0. The van der Waals surface area contributed by atoms with E-state index < -0.39 is 0 Å². The molecule has 20 heavy (non-hydrogen) atoms. The summed E-state index contributed by atoms with van der Waals surface area (Å²) in [4.78, 5) is 11.8. The van der Waals surface area contributed by atoms with Gasteiger partial charge in [-0.2, -0.15) is 0 Å². The Morgan fingerprint density at radius 2 is 1.65 bits per heavy atom. The standard InChI is InChI=1S/C14H11Cl3N2O/c15-10-5-2-1-4-9(10)8-18-14(20)19-12-7-3-6-11(16)13(12)17/h1-7H,8H2,(H2,18,19,20). The molecule has 0 aliphatic carbocycles. The maximum Gasteiger partial charge on any atom is 0.319 e. The van der Waals surface area contributed by atoms with Gasteiger partial charge in [0.15, 0.2) is 0 Å². The van der Waals surface area contributed by atoms with E-state index in [9.17, 15) is 4.79 Å². The van der Waals surface area contributed by atoms with Crippen molar-refractivity contribution < 1.29 is 4.79 Å². The Morgan fingerprint density at radius 3 is 2.40 bits per heavy atom. The molecule has 2 aromatic carbocycles. The summed E-state index contributed by atoms with van der Waals surface area (Å²) in [5, 5.41) is 6.63. The van der Waals surface area contributed by atoms with Gasteiger partial charge in [0.05, 0.1) is 15.7 Å². The summed E-state index contributed by atoms with van der Waals surface area (Å²) in [6, 6.07) is 11.9. The lowest BCUT2D eigenvalue weighted by molar-refractivity contribution is 0.252. The first-order chi connectivity index (χ1) is 9.58. The quantitative estimate of drug-likeness (QED) is 0.820. The molecule has 0 unspecified atom stereocenters. The molecular weight excluding hydrogens is 319 g/mol. The molecule has 0 aliphatic heterocycles. The Balaban J connectivity index is 1.96. The molecule has 2 amide bonds. The van der Waals surface area contributed by atoms with Crippen LogP contribution in [0.4, 0.5) is 10.5 Å². The molecule has 0 radical (unpaired) electrons. The zero-order chi connectivity index (χ0) is 14.5. The van der Waals surface area contributed by atoms with Crippen molar-refractivity contribution in [2.75, 3.05) is 5.32 Å². The molecule has 0 saturated carbocycles. The molecule has 0 saturated heterocycles. The highest BCUT2D eigenvalue weighted by Crippen LogP contribution is 2.29. The first kappa shape index (κ1) is 15.0. The van der Waals surface area contributed by atoms with E-state index >= 15 is 0 Å². The number of carbonyl (C=O) groups excluding carboxylic acids is 1. The van der Waals surface area contributed by atoms with Gasteiger partial charge < -0.3 is 10.6 Å². The molecular formula is C14H11Cl3N2O. The first-order valence-corrected chi connectivity index (χ1v) is 6.93. The topological polar surface area (TPSA) is 41.1 Å². The normalized spacial score (nSPS) is 10.2. The zero-order valence-corrected chi connectivity index (χ0v) is 12.6. The van der Waals surface area contributed by atoms with Gasteiger partial charge in [-0.1, -0.05) is 59.1 Å². The lowest BCUT2D eigenvalue weighted by Gasteiger charge is -2.10. The Labute approximate surface area is 131 Å². The Hall–Kier alpha value is -1.42. The summed E-state index contributed by atoms with van der Waals surface area (Å²) in [6.07, 6.45) is 0. The van der Waals surface area contributed by atoms with E-state index in [-0.39, 0.29) is 6.03 Å². The molecule has 2 N–H and O–H groups in total. The van der Waals surface area contributed by atoms with Crippen LogP contribution in [0, 0.1) is 0 Å². The van der Waals surface area contributed by atoms with Crippen molar-refractivity contribution in [3.63, 3.8) is 0 Å². The number of amides is 2. The Kier molecular flexibility index (Phi) is 5.12. The van der Waals surface area contributed by atoms with Crippen LogP contribution in [0.1, 0.15) is 5.56 Å². The van der Waals surface area contributed by atoms with Crippen LogP contribution in [-0.4, -0.2) is 6.03 Å². The van der Waals surface area contributed by atoms with Crippen LogP contribution in [0.2, 0.25) is 15.1 Å². The summed E-state index contributed by atoms with van der Waals surface area (Å²) in [6.45, 7) is 0.323. The van der Waals surface area contributed by atoms with Crippen molar-refractivity contribution in [2.45, 2.75) is 6.54 Å². The van der Waals surface area contributed by atoms with E-state index in [1.807, 2.05) is 18.2 Å². The maximum atomic E-state index is 11.8. The number of benzene rings is 2.